The Morgan fingerprint density at radius 1 is 0.974 bits per heavy atom. The Morgan fingerprint density at radius 3 is 2.46 bits per heavy atom. The predicted octanol–water partition coefficient (Wildman–Crippen LogP) is 8.14. The first-order chi connectivity index (χ1) is 19.0. The molecule has 0 aliphatic carbocycles. The number of piperidine rings is 1. The van der Waals surface area contributed by atoms with E-state index in [0.29, 0.717) is 16.9 Å². The Labute approximate surface area is 244 Å². The Kier molecular flexibility index (Phi) is 7.56. The third-order valence-electron chi connectivity index (χ3n) is 7.37. The molecule has 39 heavy (non-hydrogen) atoms. The van der Waals surface area contributed by atoms with Crippen molar-refractivity contribution in [2.45, 2.75) is 42.3 Å². The van der Waals surface area contributed by atoms with E-state index in [-0.39, 0.29) is 12.1 Å². The van der Waals surface area contributed by atoms with Crippen LogP contribution in [0, 0.1) is 11.8 Å². The number of thiocarbonyl (C=S) groups is 1. The molecule has 8 heteroatoms. The molecule has 6 rings (SSSR count). The lowest BCUT2D eigenvalue weighted by molar-refractivity contribution is 0.357. The van der Waals surface area contributed by atoms with Crippen molar-refractivity contribution in [3.8, 4) is 0 Å². The van der Waals surface area contributed by atoms with Crippen molar-refractivity contribution in [3.63, 3.8) is 0 Å². The van der Waals surface area contributed by atoms with Crippen LogP contribution in [-0.4, -0.2) is 23.2 Å². The molecule has 5 nitrogen and oxygen atoms in total. The number of benzene rings is 2. The lowest BCUT2D eigenvalue weighted by Crippen LogP contribution is -2.38. The van der Waals surface area contributed by atoms with E-state index in [1.54, 1.807) is 11.8 Å². The summed E-state index contributed by atoms with van der Waals surface area (Å²) in [6.07, 6.45) is 3.06. The molecule has 4 heterocycles. The Balaban J connectivity index is 1.35. The van der Waals surface area contributed by atoms with E-state index >= 15 is 0 Å². The third-order valence-corrected chi connectivity index (χ3v) is 8.92. The average Bonchev–Trinajstić information content (AvgIpc) is 3.53. The zero-order chi connectivity index (χ0) is 26.9. The number of nitrogens with one attached hydrogen (secondary N) is 1. The lowest BCUT2D eigenvalue weighted by Gasteiger charge is -2.37. The number of halogens is 1. The monoisotopic (exact) mass is 574 g/mol. The van der Waals surface area contributed by atoms with Crippen LogP contribution < -0.4 is 15.1 Å². The Bertz CT molecular complexity index is 1440. The largest absolute Gasteiger partial charge is 0.452 e. The highest BCUT2D eigenvalue weighted by atomic mass is 35.5. The molecule has 2 aromatic carbocycles. The fourth-order valence-electron chi connectivity index (χ4n) is 5.84. The summed E-state index contributed by atoms with van der Waals surface area (Å²) in [5.74, 6) is 2.10. The molecular formula is C31H31ClN4OS2. The van der Waals surface area contributed by atoms with Crippen molar-refractivity contribution >= 4 is 52.1 Å². The third kappa shape index (κ3) is 5.53. The van der Waals surface area contributed by atoms with Crippen LogP contribution in [0.1, 0.15) is 43.8 Å². The van der Waals surface area contributed by atoms with Gasteiger partial charge in [-0.15, -0.1) is 0 Å². The molecule has 2 fully saturated rings. The number of hydrogen-bond acceptors (Lipinski definition) is 5. The molecule has 0 amide bonds. The maximum Gasteiger partial charge on any atom is 0.174 e. The SMILES string of the molecule is C[C@@H]1C[C@H](C)CN(c2ccc(N3C(=S)N[C@H](c4ccccn4)[C@@H]3c3ccc(Sc4ccccc4)o3)cc2Cl)C1. The molecule has 0 spiro atoms. The second-order valence-electron chi connectivity index (χ2n) is 10.6. The lowest BCUT2D eigenvalue weighted by atomic mass is 9.91. The fraction of sp³-hybridized carbons (Fsp3) is 0.290. The van der Waals surface area contributed by atoms with Crippen LogP contribution in [0.2, 0.25) is 5.02 Å². The summed E-state index contributed by atoms with van der Waals surface area (Å²) in [6, 6.07) is 26.1. The number of furan rings is 1. The first-order valence-corrected chi connectivity index (χ1v) is 14.9. The number of rotatable bonds is 6. The molecule has 4 atom stereocenters. The van der Waals surface area contributed by atoms with Crippen LogP contribution in [0.3, 0.4) is 0 Å². The summed E-state index contributed by atoms with van der Waals surface area (Å²) in [6.45, 7) is 6.67. The van der Waals surface area contributed by atoms with Crippen molar-refractivity contribution in [1.29, 1.82) is 0 Å². The van der Waals surface area contributed by atoms with E-state index in [1.807, 2.05) is 60.8 Å². The van der Waals surface area contributed by atoms with Gasteiger partial charge in [0.05, 0.1) is 22.4 Å². The van der Waals surface area contributed by atoms with Gasteiger partial charge in [0.25, 0.3) is 0 Å². The minimum Gasteiger partial charge on any atom is -0.452 e. The molecule has 2 aliphatic rings. The summed E-state index contributed by atoms with van der Waals surface area (Å²) >= 11 is 14.5. The molecular weight excluding hydrogens is 544 g/mol. The van der Waals surface area contributed by atoms with Gasteiger partial charge < -0.3 is 19.5 Å². The summed E-state index contributed by atoms with van der Waals surface area (Å²) in [5.41, 5.74) is 2.91. The normalized spacial score (nSPS) is 23.2. The van der Waals surface area contributed by atoms with Gasteiger partial charge >= 0.3 is 0 Å². The molecule has 0 saturated carbocycles. The summed E-state index contributed by atoms with van der Waals surface area (Å²) in [5, 5.41) is 5.69. The van der Waals surface area contributed by atoms with Crippen molar-refractivity contribution < 1.29 is 4.42 Å². The maximum atomic E-state index is 6.95. The topological polar surface area (TPSA) is 44.5 Å². The summed E-state index contributed by atoms with van der Waals surface area (Å²) < 4.78 is 6.45. The van der Waals surface area contributed by atoms with Crippen molar-refractivity contribution in [3.05, 3.63) is 102 Å². The second kappa shape index (κ2) is 11.2. The molecule has 0 bridgehead atoms. The first-order valence-electron chi connectivity index (χ1n) is 13.3. The van der Waals surface area contributed by atoms with Gasteiger partial charge in [0.1, 0.15) is 11.8 Å². The van der Waals surface area contributed by atoms with Crippen LogP contribution in [0.25, 0.3) is 0 Å². The van der Waals surface area contributed by atoms with Crippen LogP contribution in [0.15, 0.2) is 99.5 Å². The minimum absolute atomic E-state index is 0.179. The quantitative estimate of drug-likeness (QED) is 0.233. The average molecular weight is 575 g/mol. The maximum absolute atomic E-state index is 6.95. The Hall–Kier alpha value is -3.00. The van der Waals surface area contributed by atoms with Gasteiger partial charge in [-0.25, -0.2) is 0 Å². The van der Waals surface area contributed by atoms with Crippen LogP contribution in [-0.2, 0) is 0 Å². The van der Waals surface area contributed by atoms with Crippen molar-refractivity contribution in [1.82, 2.24) is 10.3 Å². The minimum atomic E-state index is -0.227. The molecule has 2 aromatic heterocycles. The van der Waals surface area contributed by atoms with Crippen molar-refractivity contribution in [2.75, 3.05) is 22.9 Å². The van der Waals surface area contributed by atoms with E-state index in [4.69, 9.17) is 28.2 Å². The number of anilines is 2. The number of pyridine rings is 1. The molecule has 1 N–H and O–H groups in total. The Morgan fingerprint density at radius 2 is 1.74 bits per heavy atom. The van der Waals surface area contributed by atoms with Crippen LogP contribution in [0.5, 0.6) is 0 Å². The van der Waals surface area contributed by atoms with E-state index < -0.39 is 0 Å². The second-order valence-corrected chi connectivity index (χ2v) is 12.4. The number of hydrogen-bond donors (Lipinski definition) is 1. The molecule has 4 aromatic rings. The van der Waals surface area contributed by atoms with Gasteiger partial charge in [0, 0.05) is 29.9 Å². The highest BCUT2D eigenvalue weighted by Crippen LogP contribution is 2.45. The van der Waals surface area contributed by atoms with Crippen LogP contribution >= 0.6 is 35.6 Å². The molecule has 0 unspecified atom stereocenters. The van der Waals surface area contributed by atoms with E-state index in [1.165, 1.54) is 6.42 Å². The molecule has 200 valence electrons. The van der Waals surface area contributed by atoms with Gasteiger partial charge in [-0.05, 0) is 85.1 Å². The van der Waals surface area contributed by atoms with E-state index in [2.05, 4.69) is 58.2 Å². The standard InChI is InChI=1S/C31H31ClN4OS2/c1-20-16-21(2)19-35(18-20)26-12-11-22(17-24(26)32)36-30(29(34-31(36)38)25-10-6-7-15-33-25)27-13-14-28(37-27)39-23-8-4-3-5-9-23/h3-15,17,20-21,29-30H,16,18-19H2,1-2H3,(H,34,38)/t20-,21+,29-,30+/m1/s1. The van der Waals surface area contributed by atoms with Gasteiger partial charge in [0.15, 0.2) is 10.2 Å². The fourth-order valence-corrected chi connectivity index (χ4v) is 7.28. The van der Waals surface area contributed by atoms with Crippen LogP contribution in [0.4, 0.5) is 11.4 Å². The zero-order valence-corrected chi connectivity index (χ0v) is 24.3. The predicted molar refractivity (Wildman–Crippen MR) is 164 cm³/mol. The van der Waals surface area contributed by atoms with Gasteiger partial charge in [-0.1, -0.05) is 61.5 Å². The van der Waals surface area contributed by atoms with Crippen molar-refractivity contribution in [2.24, 2.45) is 11.8 Å². The van der Waals surface area contributed by atoms with E-state index in [0.717, 1.165) is 50.9 Å². The summed E-state index contributed by atoms with van der Waals surface area (Å²) in [4.78, 5) is 10.3. The highest BCUT2D eigenvalue weighted by molar-refractivity contribution is 7.99. The summed E-state index contributed by atoms with van der Waals surface area (Å²) in [7, 11) is 0. The molecule has 0 radical (unpaired) electrons. The molecule has 2 aliphatic heterocycles. The number of aromatic nitrogens is 1. The highest BCUT2D eigenvalue weighted by Gasteiger charge is 2.43. The molecule has 2 saturated heterocycles. The van der Waals surface area contributed by atoms with Gasteiger partial charge in [0.2, 0.25) is 0 Å². The number of nitrogens with zero attached hydrogens (tertiary/aromatic N) is 3. The van der Waals surface area contributed by atoms with Gasteiger partial charge in [-0.3, -0.25) is 4.98 Å². The van der Waals surface area contributed by atoms with E-state index in [9.17, 15) is 0 Å². The smallest absolute Gasteiger partial charge is 0.174 e. The zero-order valence-electron chi connectivity index (χ0n) is 22.0. The first kappa shape index (κ1) is 26.2. The van der Waals surface area contributed by atoms with Gasteiger partial charge in [-0.2, -0.15) is 0 Å².